The first-order chi connectivity index (χ1) is 17.0. The van der Waals surface area contributed by atoms with Gasteiger partial charge in [-0.2, -0.15) is 0 Å². The Hall–Kier alpha value is -3.35. The van der Waals surface area contributed by atoms with Crippen LogP contribution in [0.3, 0.4) is 0 Å². The molecule has 3 fully saturated rings. The van der Waals surface area contributed by atoms with E-state index in [9.17, 15) is 19.5 Å². The number of carboxylic acids is 1. The second kappa shape index (κ2) is 8.11. The maximum Gasteiger partial charge on any atom is 0.407 e. The highest BCUT2D eigenvalue weighted by Gasteiger charge is 2.74. The Morgan fingerprint density at radius 2 is 1.66 bits per heavy atom. The number of alkyl carbamates (subject to hydrolysis) is 1. The van der Waals surface area contributed by atoms with Crippen LogP contribution in [0.15, 0.2) is 48.5 Å². The number of benzene rings is 2. The zero-order valence-corrected chi connectivity index (χ0v) is 19.7. The summed E-state index contributed by atoms with van der Waals surface area (Å²) in [6.07, 6.45) is 4.35. The van der Waals surface area contributed by atoms with Gasteiger partial charge in [0.05, 0.1) is 5.41 Å². The van der Waals surface area contributed by atoms with Gasteiger partial charge in [-0.25, -0.2) is 9.59 Å². The Kier molecular flexibility index (Phi) is 5.13. The number of carbonyl (C=O) groups is 3. The third-order valence-electron chi connectivity index (χ3n) is 8.93. The van der Waals surface area contributed by atoms with Gasteiger partial charge < -0.3 is 20.1 Å². The van der Waals surface area contributed by atoms with Crippen molar-refractivity contribution in [1.29, 1.82) is 0 Å². The molecule has 2 aromatic carbocycles. The lowest BCUT2D eigenvalue weighted by atomic mass is 9.74. The van der Waals surface area contributed by atoms with E-state index in [2.05, 4.69) is 29.6 Å². The number of ether oxygens (including phenoxy) is 1. The molecule has 4 aliphatic rings. The summed E-state index contributed by atoms with van der Waals surface area (Å²) in [5.74, 6) is -1.08. The van der Waals surface area contributed by atoms with Gasteiger partial charge in [-0.05, 0) is 59.8 Å². The number of nitrogens with one attached hydrogen (secondary N) is 1. The van der Waals surface area contributed by atoms with Crippen LogP contribution in [-0.2, 0) is 14.3 Å². The van der Waals surface area contributed by atoms with Gasteiger partial charge in [0.2, 0.25) is 5.91 Å². The molecule has 2 atom stereocenters. The highest BCUT2D eigenvalue weighted by Crippen LogP contribution is 2.74. The fourth-order valence-electron chi connectivity index (χ4n) is 6.83. The van der Waals surface area contributed by atoms with Gasteiger partial charge in [-0.1, -0.05) is 55.0 Å². The van der Waals surface area contributed by atoms with Crippen molar-refractivity contribution in [2.75, 3.05) is 19.7 Å². The normalized spacial score (nSPS) is 25.5. The number of rotatable bonds is 6. The minimum absolute atomic E-state index is 0.0245. The van der Waals surface area contributed by atoms with Crippen molar-refractivity contribution in [1.82, 2.24) is 10.2 Å². The second-order valence-electron chi connectivity index (χ2n) is 10.6. The molecule has 1 spiro atoms. The first-order valence-electron chi connectivity index (χ1n) is 12.6. The van der Waals surface area contributed by atoms with Gasteiger partial charge in [0, 0.05) is 19.0 Å². The van der Waals surface area contributed by atoms with Crippen LogP contribution in [0.25, 0.3) is 11.1 Å². The molecule has 7 nitrogen and oxygen atoms in total. The van der Waals surface area contributed by atoms with Crippen molar-refractivity contribution < 1.29 is 24.2 Å². The van der Waals surface area contributed by atoms with E-state index in [-0.39, 0.29) is 30.4 Å². The summed E-state index contributed by atoms with van der Waals surface area (Å²) in [5, 5.41) is 12.4. The van der Waals surface area contributed by atoms with Crippen molar-refractivity contribution in [2.24, 2.45) is 10.8 Å². The molecule has 2 N–H and O–H groups in total. The average Bonchev–Trinajstić information content (AvgIpc) is 3.15. The summed E-state index contributed by atoms with van der Waals surface area (Å²) in [6.45, 7) is 0.892. The minimum Gasteiger partial charge on any atom is -0.480 e. The quantitative estimate of drug-likeness (QED) is 0.655. The van der Waals surface area contributed by atoms with Crippen molar-refractivity contribution >= 4 is 18.0 Å². The number of hydrogen-bond donors (Lipinski definition) is 2. The Morgan fingerprint density at radius 3 is 2.23 bits per heavy atom. The molecule has 0 radical (unpaired) electrons. The van der Waals surface area contributed by atoms with Gasteiger partial charge in [0.15, 0.2) is 0 Å². The minimum atomic E-state index is -0.946. The number of carboxylic acid groups (broad SMARTS) is 1. The summed E-state index contributed by atoms with van der Waals surface area (Å²) >= 11 is 0. The molecule has 6 rings (SSSR count). The van der Waals surface area contributed by atoms with Crippen molar-refractivity contribution in [3.8, 4) is 11.1 Å². The molecule has 1 unspecified atom stereocenters. The van der Waals surface area contributed by atoms with Gasteiger partial charge in [0.1, 0.15) is 12.6 Å². The highest BCUT2D eigenvalue weighted by atomic mass is 16.5. The van der Waals surface area contributed by atoms with E-state index in [1.165, 1.54) is 16.0 Å². The van der Waals surface area contributed by atoms with Crippen LogP contribution in [0.5, 0.6) is 0 Å². The Bertz CT molecular complexity index is 1160. The molecule has 0 aromatic heterocycles. The van der Waals surface area contributed by atoms with Crippen LogP contribution in [0.1, 0.15) is 55.6 Å². The molecule has 3 aliphatic carbocycles. The van der Waals surface area contributed by atoms with Crippen LogP contribution in [-0.4, -0.2) is 53.7 Å². The first-order valence-corrected chi connectivity index (χ1v) is 12.6. The van der Waals surface area contributed by atoms with E-state index in [1.54, 1.807) is 0 Å². The number of amides is 2. The fourth-order valence-corrected chi connectivity index (χ4v) is 6.83. The molecule has 182 valence electrons. The van der Waals surface area contributed by atoms with Crippen LogP contribution in [0.4, 0.5) is 4.79 Å². The van der Waals surface area contributed by atoms with Crippen LogP contribution in [0.2, 0.25) is 0 Å². The van der Waals surface area contributed by atoms with E-state index in [0.717, 1.165) is 30.4 Å². The van der Waals surface area contributed by atoms with Crippen molar-refractivity contribution in [3.63, 3.8) is 0 Å². The molecule has 2 saturated carbocycles. The maximum atomic E-state index is 13.6. The topological polar surface area (TPSA) is 95.9 Å². The SMILES string of the molecule is O=C(NCC1(C(=O)N2CCC[C@H]2C(=O)O)CC12CCC2)OCC1c2ccccc2-c2ccccc21. The first kappa shape index (κ1) is 22.1. The van der Waals surface area contributed by atoms with Gasteiger partial charge in [-0.15, -0.1) is 0 Å². The largest absolute Gasteiger partial charge is 0.480 e. The smallest absolute Gasteiger partial charge is 0.407 e. The Labute approximate surface area is 204 Å². The standard InChI is InChI=1S/C28H30N2O5/c31-24(32)23-11-5-14-30(23)25(33)28(16-27(28)12-6-13-27)17-29-26(34)35-15-22-20-9-3-1-7-18(20)19-8-2-4-10-21(19)22/h1-4,7-10,22-23H,5-6,11-17H2,(H,29,34)(H,31,32)/t23-,28?/m0/s1. The van der Waals surface area contributed by atoms with Gasteiger partial charge in [0.25, 0.3) is 0 Å². The number of carbonyl (C=O) groups excluding carboxylic acids is 2. The number of nitrogens with zero attached hydrogens (tertiary/aromatic N) is 1. The molecule has 35 heavy (non-hydrogen) atoms. The van der Waals surface area contributed by atoms with E-state index in [4.69, 9.17) is 4.74 Å². The van der Waals surface area contributed by atoms with Gasteiger partial charge >= 0.3 is 12.1 Å². The molecule has 2 amide bonds. The predicted octanol–water partition coefficient (Wildman–Crippen LogP) is 4.16. The Morgan fingerprint density at radius 1 is 1.00 bits per heavy atom. The number of aliphatic carboxylic acids is 1. The lowest BCUT2D eigenvalue weighted by molar-refractivity contribution is -0.151. The number of fused-ring (bicyclic) bond motifs is 3. The highest BCUT2D eigenvalue weighted by molar-refractivity contribution is 5.92. The summed E-state index contributed by atoms with van der Waals surface area (Å²) in [6, 6.07) is 15.6. The zero-order chi connectivity index (χ0) is 24.2. The Balaban J connectivity index is 1.13. The number of likely N-dealkylation sites (tertiary alicyclic amines) is 1. The van der Waals surface area contributed by atoms with Crippen LogP contribution in [0, 0.1) is 10.8 Å². The van der Waals surface area contributed by atoms with E-state index in [0.29, 0.717) is 25.8 Å². The molecule has 0 bridgehead atoms. The van der Waals surface area contributed by atoms with E-state index >= 15 is 0 Å². The molecule has 1 heterocycles. The molecular weight excluding hydrogens is 444 g/mol. The number of hydrogen-bond acceptors (Lipinski definition) is 4. The molecular formula is C28H30N2O5. The van der Waals surface area contributed by atoms with Crippen LogP contribution < -0.4 is 5.32 Å². The predicted molar refractivity (Wildman–Crippen MR) is 129 cm³/mol. The van der Waals surface area contributed by atoms with Gasteiger partial charge in [-0.3, -0.25) is 4.79 Å². The molecule has 1 aliphatic heterocycles. The third-order valence-corrected chi connectivity index (χ3v) is 8.93. The van der Waals surface area contributed by atoms with Crippen molar-refractivity contribution in [3.05, 3.63) is 59.7 Å². The average molecular weight is 475 g/mol. The summed E-state index contributed by atoms with van der Waals surface area (Å²) in [7, 11) is 0. The third kappa shape index (κ3) is 3.35. The lowest BCUT2D eigenvalue weighted by Crippen LogP contribution is -2.50. The summed E-state index contributed by atoms with van der Waals surface area (Å²) < 4.78 is 5.68. The maximum absolute atomic E-state index is 13.6. The monoisotopic (exact) mass is 474 g/mol. The van der Waals surface area contributed by atoms with Crippen LogP contribution >= 0.6 is 0 Å². The van der Waals surface area contributed by atoms with E-state index < -0.39 is 23.5 Å². The van der Waals surface area contributed by atoms with Crippen molar-refractivity contribution in [2.45, 2.75) is 50.5 Å². The summed E-state index contributed by atoms with van der Waals surface area (Å²) in [4.78, 5) is 39.6. The zero-order valence-electron chi connectivity index (χ0n) is 19.7. The molecule has 2 aromatic rings. The molecule has 1 saturated heterocycles. The lowest BCUT2D eigenvalue weighted by Gasteiger charge is -2.35. The fraction of sp³-hybridized carbons (Fsp3) is 0.464. The second-order valence-corrected chi connectivity index (χ2v) is 10.6. The molecule has 7 heteroatoms. The summed E-state index contributed by atoms with van der Waals surface area (Å²) in [5.41, 5.74) is 3.85. The van der Waals surface area contributed by atoms with E-state index in [1.807, 2.05) is 24.3 Å².